The van der Waals surface area contributed by atoms with Gasteiger partial charge >= 0.3 is 0 Å². The lowest BCUT2D eigenvalue weighted by atomic mass is 10.0. The third-order valence-electron chi connectivity index (χ3n) is 10.4. The molecule has 5 heterocycles. The normalized spacial score (nSPS) is 11.9. The number of oxazole rings is 2. The Kier molecular flexibility index (Phi) is 6.43. The second-order valence-corrected chi connectivity index (χ2v) is 13.8. The molecule has 7 aromatic carbocycles. The maximum atomic E-state index is 6.33. The number of nitrogens with zero attached hydrogens (tertiary/aromatic N) is 7. The van der Waals surface area contributed by atoms with Crippen molar-refractivity contribution in [2.75, 3.05) is 0 Å². The maximum Gasteiger partial charge on any atom is 0.240 e. The molecular weight excluding hydrogens is 695 g/mol. The van der Waals surface area contributed by atoms with Crippen LogP contribution in [0.1, 0.15) is 0 Å². The van der Waals surface area contributed by atoms with Crippen LogP contribution in [0.25, 0.3) is 112 Å². The lowest BCUT2D eigenvalue weighted by molar-refractivity contribution is 0.617. The number of rotatable bonds is 5. The van der Waals surface area contributed by atoms with Gasteiger partial charge in [-0.1, -0.05) is 97.1 Å². The molecule has 12 aromatic rings. The number of hydrogen-bond acceptors (Lipinski definition) is 7. The molecule has 0 aliphatic rings. The predicted octanol–water partition coefficient (Wildman–Crippen LogP) is 11.3. The van der Waals surface area contributed by atoms with E-state index in [1.54, 1.807) is 0 Å². The molecule has 12 rings (SSSR count). The highest BCUT2D eigenvalue weighted by Gasteiger charge is 2.22. The monoisotopic (exact) mass is 721 g/mol. The lowest BCUT2D eigenvalue weighted by Crippen LogP contribution is -2.10. The summed E-state index contributed by atoms with van der Waals surface area (Å²) in [6.45, 7) is 0. The fraction of sp³-hybridized carbons (Fsp3) is 0. The van der Waals surface area contributed by atoms with Crippen LogP contribution in [0.15, 0.2) is 173 Å². The van der Waals surface area contributed by atoms with Crippen molar-refractivity contribution >= 4 is 65.8 Å². The Morgan fingerprint density at radius 1 is 0.339 bits per heavy atom. The molecule has 0 unspecified atom stereocenters. The molecule has 56 heavy (non-hydrogen) atoms. The first kappa shape index (κ1) is 30.5. The smallest absolute Gasteiger partial charge is 0.240 e. The molecule has 0 atom stereocenters. The van der Waals surface area contributed by atoms with Gasteiger partial charge in [0.05, 0.1) is 22.1 Å². The SMILES string of the molecule is c1ccc2oc(-c3cc(-c4nc(-n5c6ccccc6c6ccccc65)nc(-n5c6ccccc6c6ccccc65)n4)cc(-c4nc5ccccc5o4)c3)nc2c1. The minimum Gasteiger partial charge on any atom is -0.436 e. The van der Waals surface area contributed by atoms with Crippen LogP contribution in [0, 0.1) is 0 Å². The molecule has 0 amide bonds. The summed E-state index contributed by atoms with van der Waals surface area (Å²) in [5, 5.41) is 4.44. The summed E-state index contributed by atoms with van der Waals surface area (Å²) >= 11 is 0. The fourth-order valence-corrected chi connectivity index (χ4v) is 7.95. The molecule has 0 bridgehead atoms. The highest BCUT2D eigenvalue weighted by atomic mass is 16.4. The van der Waals surface area contributed by atoms with Gasteiger partial charge in [-0.05, 0) is 66.7 Å². The van der Waals surface area contributed by atoms with E-state index in [9.17, 15) is 0 Å². The Morgan fingerprint density at radius 3 is 1.11 bits per heavy atom. The van der Waals surface area contributed by atoms with Crippen molar-refractivity contribution in [2.24, 2.45) is 0 Å². The molecule has 0 aliphatic heterocycles. The van der Waals surface area contributed by atoms with Crippen LogP contribution in [-0.2, 0) is 0 Å². The molecule has 262 valence electrons. The average molecular weight is 722 g/mol. The summed E-state index contributed by atoms with van der Waals surface area (Å²) in [5.41, 5.74) is 9.06. The maximum absolute atomic E-state index is 6.33. The van der Waals surface area contributed by atoms with E-state index in [4.69, 9.17) is 33.8 Å². The zero-order valence-electron chi connectivity index (χ0n) is 29.5. The summed E-state index contributed by atoms with van der Waals surface area (Å²) in [6, 6.07) is 54.9. The summed E-state index contributed by atoms with van der Waals surface area (Å²) < 4.78 is 16.9. The van der Waals surface area contributed by atoms with E-state index in [1.807, 2.05) is 91.0 Å². The predicted molar refractivity (Wildman–Crippen MR) is 220 cm³/mol. The quantitative estimate of drug-likeness (QED) is 0.174. The minimum atomic E-state index is 0.462. The van der Waals surface area contributed by atoms with Crippen molar-refractivity contribution in [3.05, 3.63) is 164 Å². The Labute approximate surface area is 317 Å². The van der Waals surface area contributed by atoms with E-state index < -0.39 is 0 Å². The van der Waals surface area contributed by atoms with Gasteiger partial charge in [0, 0.05) is 38.2 Å². The third kappa shape index (κ3) is 4.64. The molecule has 0 N–H and O–H groups in total. The zero-order chi connectivity index (χ0) is 36.7. The van der Waals surface area contributed by atoms with Crippen LogP contribution >= 0.6 is 0 Å². The molecule has 9 nitrogen and oxygen atoms in total. The van der Waals surface area contributed by atoms with Crippen LogP contribution in [0.3, 0.4) is 0 Å². The van der Waals surface area contributed by atoms with Gasteiger partial charge in [-0.15, -0.1) is 0 Å². The number of fused-ring (bicyclic) bond motifs is 8. The summed E-state index contributed by atoms with van der Waals surface area (Å²) in [5.74, 6) is 2.36. The number of para-hydroxylation sites is 8. The number of aromatic nitrogens is 7. The first-order valence-electron chi connectivity index (χ1n) is 18.3. The number of hydrogen-bond donors (Lipinski definition) is 0. The second kappa shape index (κ2) is 11.8. The molecule has 0 aliphatic carbocycles. The van der Waals surface area contributed by atoms with Crippen molar-refractivity contribution < 1.29 is 8.83 Å². The number of benzene rings is 7. The van der Waals surface area contributed by atoms with Gasteiger partial charge in [0.1, 0.15) is 11.0 Å². The lowest BCUT2D eigenvalue weighted by Gasteiger charge is -2.13. The van der Waals surface area contributed by atoms with Gasteiger partial charge in [-0.2, -0.15) is 15.0 Å². The highest BCUT2D eigenvalue weighted by Crippen LogP contribution is 2.37. The molecule has 0 saturated carbocycles. The van der Waals surface area contributed by atoms with Crippen molar-refractivity contribution in [2.45, 2.75) is 0 Å². The van der Waals surface area contributed by atoms with E-state index in [1.165, 1.54) is 0 Å². The topological polar surface area (TPSA) is 101 Å². The van der Waals surface area contributed by atoms with Crippen LogP contribution < -0.4 is 0 Å². The Bertz CT molecular complexity index is 3120. The van der Waals surface area contributed by atoms with E-state index in [0.717, 1.165) is 65.8 Å². The third-order valence-corrected chi connectivity index (χ3v) is 10.4. The molecule has 0 saturated heterocycles. The molecule has 0 fully saturated rings. The zero-order valence-corrected chi connectivity index (χ0v) is 29.5. The summed E-state index contributed by atoms with van der Waals surface area (Å²) in [4.78, 5) is 25.6. The van der Waals surface area contributed by atoms with E-state index in [2.05, 4.69) is 81.9 Å². The first-order chi connectivity index (χ1) is 27.7. The van der Waals surface area contributed by atoms with Crippen LogP contribution in [0.4, 0.5) is 0 Å². The average Bonchev–Trinajstić information content (AvgIpc) is 4.04. The first-order valence-corrected chi connectivity index (χ1v) is 18.3. The molecule has 9 heteroatoms. The Hall–Kier alpha value is -7.91. The van der Waals surface area contributed by atoms with Gasteiger partial charge in [0.2, 0.25) is 23.7 Å². The van der Waals surface area contributed by atoms with E-state index >= 15 is 0 Å². The summed E-state index contributed by atoms with van der Waals surface area (Å²) in [6.07, 6.45) is 0. The van der Waals surface area contributed by atoms with Crippen LogP contribution in [0.2, 0.25) is 0 Å². The fourth-order valence-electron chi connectivity index (χ4n) is 7.95. The Morgan fingerprint density at radius 2 is 0.696 bits per heavy atom. The molecule has 0 radical (unpaired) electrons. The molecule has 0 spiro atoms. The largest absolute Gasteiger partial charge is 0.436 e. The molecule has 5 aromatic heterocycles. The van der Waals surface area contributed by atoms with Crippen molar-refractivity contribution in [3.8, 4) is 46.2 Å². The highest BCUT2D eigenvalue weighted by molar-refractivity contribution is 6.10. The molecular formula is C47H27N7O2. The second-order valence-electron chi connectivity index (χ2n) is 13.8. The van der Waals surface area contributed by atoms with Crippen molar-refractivity contribution in [1.29, 1.82) is 0 Å². The van der Waals surface area contributed by atoms with Gasteiger partial charge in [0.25, 0.3) is 0 Å². The van der Waals surface area contributed by atoms with Crippen LogP contribution in [-0.4, -0.2) is 34.1 Å². The standard InChI is InChI=1S/C47H27N7O2/c1-7-19-37-31(13-1)32-14-2-8-20-38(32)53(37)46-50-43(51-47(52-46)54-39-21-9-3-15-33(39)34-16-4-10-22-40(34)54)28-25-29(44-48-35-17-5-11-23-41(35)55-44)27-30(26-28)45-49-36-18-6-12-24-42(36)56-45/h1-27H. The van der Waals surface area contributed by atoms with Gasteiger partial charge < -0.3 is 8.83 Å². The van der Waals surface area contributed by atoms with Gasteiger partial charge in [-0.25, -0.2) is 9.97 Å². The van der Waals surface area contributed by atoms with Crippen molar-refractivity contribution in [1.82, 2.24) is 34.1 Å². The van der Waals surface area contributed by atoms with E-state index in [-0.39, 0.29) is 0 Å². The van der Waals surface area contributed by atoms with Crippen molar-refractivity contribution in [3.63, 3.8) is 0 Å². The van der Waals surface area contributed by atoms with Crippen LogP contribution in [0.5, 0.6) is 0 Å². The minimum absolute atomic E-state index is 0.462. The van der Waals surface area contributed by atoms with E-state index in [0.29, 0.717) is 46.2 Å². The van der Waals surface area contributed by atoms with Gasteiger partial charge in [-0.3, -0.25) is 9.13 Å². The summed E-state index contributed by atoms with van der Waals surface area (Å²) in [7, 11) is 0. The Balaban J connectivity index is 1.17. The van der Waals surface area contributed by atoms with Gasteiger partial charge in [0.15, 0.2) is 17.0 Å².